The number of benzene rings is 2. The Bertz CT molecular complexity index is 903. The number of carbonyl (C=O) groups is 1. The first-order chi connectivity index (χ1) is 13.4. The van der Waals surface area contributed by atoms with E-state index in [1.165, 1.54) is 4.31 Å². The number of amides is 1. The summed E-state index contributed by atoms with van der Waals surface area (Å²) in [5.41, 5.74) is 1.91. The van der Waals surface area contributed by atoms with E-state index in [-0.39, 0.29) is 10.8 Å². The normalized spacial score (nSPS) is 15.9. The Balaban J connectivity index is 1.53. The van der Waals surface area contributed by atoms with Crippen molar-refractivity contribution >= 4 is 21.6 Å². The lowest BCUT2D eigenvalue weighted by Gasteiger charge is -2.31. The zero-order chi connectivity index (χ0) is 20.1. The van der Waals surface area contributed by atoms with Crippen LogP contribution in [0.2, 0.25) is 0 Å². The largest absolute Gasteiger partial charge is 0.497 e. The molecule has 2 aromatic carbocycles. The van der Waals surface area contributed by atoms with Crippen molar-refractivity contribution in [3.05, 3.63) is 54.1 Å². The van der Waals surface area contributed by atoms with Crippen molar-refractivity contribution in [3.63, 3.8) is 0 Å². The number of nitrogens with one attached hydrogen (secondary N) is 2. The fourth-order valence-corrected chi connectivity index (χ4v) is 4.63. The molecule has 2 aromatic rings. The Morgan fingerprint density at radius 2 is 1.68 bits per heavy atom. The second-order valence-corrected chi connectivity index (χ2v) is 8.86. The van der Waals surface area contributed by atoms with Gasteiger partial charge >= 0.3 is 0 Å². The van der Waals surface area contributed by atoms with Gasteiger partial charge in [0.15, 0.2) is 6.54 Å². The number of anilines is 1. The van der Waals surface area contributed by atoms with Gasteiger partial charge in [-0.15, -0.1) is 0 Å². The van der Waals surface area contributed by atoms with Gasteiger partial charge in [-0.05, 0) is 43.3 Å². The molecule has 0 atom stereocenters. The lowest BCUT2D eigenvalue weighted by Crippen LogP contribution is -3.15. The maximum absolute atomic E-state index is 12.8. The third-order valence-corrected chi connectivity index (χ3v) is 6.79. The molecule has 0 saturated carbocycles. The Labute approximate surface area is 166 Å². The van der Waals surface area contributed by atoms with E-state index in [0.717, 1.165) is 16.2 Å². The Morgan fingerprint density at radius 3 is 2.25 bits per heavy atom. The van der Waals surface area contributed by atoms with Crippen LogP contribution in [0.3, 0.4) is 0 Å². The number of ether oxygens (including phenoxy) is 1. The van der Waals surface area contributed by atoms with E-state index in [9.17, 15) is 13.2 Å². The van der Waals surface area contributed by atoms with Crippen LogP contribution in [0.4, 0.5) is 5.69 Å². The van der Waals surface area contributed by atoms with Crippen LogP contribution >= 0.6 is 0 Å². The minimum absolute atomic E-state index is 0.0645. The van der Waals surface area contributed by atoms with Crippen LogP contribution in [0.1, 0.15) is 5.56 Å². The highest BCUT2D eigenvalue weighted by Crippen LogP contribution is 2.19. The summed E-state index contributed by atoms with van der Waals surface area (Å²) in [4.78, 5) is 13.6. The monoisotopic (exact) mass is 404 g/mol. The molecule has 1 heterocycles. The average molecular weight is 405 g/mol. The fourth-order valence-electron chi connectivity index (χ4n) is 3.19. The minimum atomic E-state index is -3.53. The molecule has 1 fully saturated rings. The molecule has 1 amide bonds. The maximum Gasteiger partial charge on any atom is 0.279 e. The van der Waals surface area contributed by atoms with Crippen LogP contribution in [-0.4, -0.2) is 58.5 Å². The number of sulfonamides is 1. The second-order valence-electron chi connectivity index (χ2n) is 6.92. The van der Waals surface area contributed by atoms with Crippen molar-refractivity contribution in [2.24, 2.45) is 0 Å². The van der Waals surface area contributed by atoms with Gasteiger partial charge in [0.05, 0.1) is 38.2 Å². The standard InChI is InChI=1S/C20H25N3O4S/c1-16-3-5-17(6-4-16)21-20(24)15-22-11-13-23(14-12-22)28(25,26)19-9-7-18(27-2)8-10-19/h3-10H,11-15H2,1-2H3,(H,21,24)/p+1. The van der Waals surface area contributed by atoms with Crippen LogP contribution in [0, 0.1) is 6.92 Å². The third-order valence-electron chi connectivity index (χ3n) is 4.87. The number of methoxy groups -OCH3 is 1. The third kappa shape index (κ3) is 4.89. The smallest absolute Gasteiger partial charge is 0.279 e. The highest BCUT2D eigenvalue weighted by molar-refractivity contribution is 7.89. The molecule has 0 unspecified atom stereocenters. The predicted molar refractivity (Wildman–Crippen MR) is 107 cm³/mol. The quantitative estimate of drug-likeness (QED) is 0.736. The summed E-state index contributed by atoms with van der Waals surface area (Å²) in [6, 6.07) is 14.1. The number of carbonyl (C=O) groups excluding carboxylic acids is 1. The van der Waals surface area contributed by atoms with E-state index in [4.69, 9.17) is 4.74 Å². The summed E-state index contributed by atoms with van der Waals surface area (Å²) in [5, 5.41) is 2.89. The van der Waals surface area contributed by atoms with Crippen molar-refractivity contribution in [3.8, 4) is 5.75 Å². The van der Waals surface area contributed by atoms with Gasteiger partial charge in [0.25, 0.3) is 5.91 Å². The van der Waals surface area contributed by atoms with Crippen molar-refractivity contribution < 1.29 is 22.8 Å². The van der Waals surface area contributed by atoms with Gasteiger partial charge in [-0.1, -0.05) is 17.7 Å². The number of rotatable bonds is 6. The summed E-state index contributed by atoms with van der Waals surface area (Å²) < 4.78 is 32.1. The van der Waals surface area contributed by atoms with E-state index in [1.54, 1.807) is 31.4 Å². The maximum atomic E-state index is 12.8. The molecular weight excluding hydrogens is 378 g/mol. The molecule has 0 spiro atoms. The van der Waals surface area contributed by atoms with Gasteiger partial charge in [-0.2, -0.15) is 4.31 Å². The molecule has 8 heteroatoms. The highest BCUT2D eigenvalue weighted by atomic mass is 32.2. The summed E-state index contributed by atoms with van der Waals surface area (Å²) in [7, 11) is -1.99. The van der Waals surface area contributed by atoms with E-state index in [2.05, 4.69) is 5.32 Å². The second kappa shape index (κ2) is 8.72. The SMILES string of the molecule is COc1ccc(S(=O)(=O)N2CC[NH+](CC(=O)Nc3ccc(C)cc3)CC2)cc1. The number of hydrogen-bond acceptors (Lipinski definition) is 4. The molecule has 0 radical (unpaired) electrons. The molecule has 1 aliphatic rings. The van der Waals surface area contributed by atoms with Crippen LogP contribution in [-0.2, 0) is 14.8 Å². The Kier molecular flexibility index (Phi) is 6.33. The molecule has 1 saturated heterocycles. The molecular formula is C20H26N3O4S+. The number of piperazine rings is 1. The van der Waals surface area contributed by atoms with E-state index in [1.807, 2.05) is 31.2 Å². The summed E-state index contributed by atoms with van der Waals surface area (Å²) >= 11 is 0. The summed E-state index contributed by atoms with van der Waals surface area (Å²) in [6.45, 7) is 4.29. The molecule has 1 aliphatic heterocycles. The summed E-state index contributed by atoms with van der Waals surface area (Å²) in [5.74, 6) is 0.554. The number of nitrogens with zero attached hydrogens (tertiary/aromatic N) is 1. The molecule has 0 aromatic heterocycles. The van der Waals surface area contributed by atoms with Gasteiger partial charge in [0.1, 0.15) is 5.75 Å². The van der Waals surface area contributed by atoms with Gasteiger partial charge in [-0.25, -0.2) is 8.42 Å². The summed E-state index contributed by atoms with van der Waals surface area (Å²) in [6.07, 6.45) is 0. The average Bonchev–Trinajstić information content (AvgIpc) is 2.70. The van der Waals surface area contributed by atoms with E-state index >= 15 is 0 Å². The van der Waals surface area contributed by atoms with Crippen molar-refractivity contribution in [2.75, 3.05) is 45.2 Å². The van der Waals surface area contributed by atoms with E-state index < -0.39 is 10.0 Å². The van der Waals surface area contributed by atoms with E-state index in [0.29, 0.717) is 38.5 Å². The zero-order valence-electron chi connectivity index (χ0n) is 16.1. The van der Waals surface area contributed by atoms with Gasteiger partial charge in [0, 0.05) is 5.69 Å². The van der Waals surface area contributed by atoms with Crippen LogP contribution in [0.15, 0.2) is 53.4 Å². The molecule has 28 heavy (non-hydrogen) atoms. The van der Waals surface area contributed by atoms with Gasteiger partial charge in [-0.3, -0.25) is 4.79 Å². The van der Waals surface area contributed by atoms with Crippen molar-refractivity contribution in [2.45, 2.75) is 11.8 Å². The number of aryl methyl sites for hydroxylation is 1. The molecule has 0 aliphatic carbocycles. The van der Waals surface area contributed by atoms with Crippen molar-refractivity contribution in [1.29, 1.82) is 0 Å². The van der Waals surface area contributed by atoms with Crippen LogP contribution in [0.25, 0.3) is 0 Å². The predicted octanol–water partition coefficient (Wildman–Crippen LogP) is 0.532. The zero-order valence-corrected chi connectivity index (χ0v) is 17.0. The van der Waals surface area contributed by atoms with Gasteiger partial charge in [0.2, 0.25) is 10.0 Å². The molecule has 150 valence electrons. The lowest BCUT2D eigenvalue weighted by molar-refractivity contribution is -0.895. The number of quaternary nitrogens is 1. The Hall–Kier alpha value is -2.42. The fraction of sp³-hybridized carbons (Fsp3) is 0.350. The first kappa shape index (κ1) is 20.3. The molecule has 2 N–H and O–H groups in total. The van der Waals surface area contributed by atoms with Crippen LogP contribution < -0.4 is 15.0 Å². The molecule has 7 nitrogen and oxygen atoms in total. The first-order valence-electron chi connectivity index (χ1n) is 9.23. The molecule has 0 bridgehead atoms. The van der Waals surface area contributed by atoms with Crippen LogP contribution in [0.5, 0.6) is 5.75 Å². The number of hydrogen-bond donors (Lipinski definition) is 2. The topological polar surface area (TPSA) is 80.2 Å². The lowest BCUT2D eigenvalue weighted by atomic mass is 10.2. The molecule has 3 rings (SSSR count). The first-order valence-corrected chi connectivity index (χ1v) is 10.7. The minimum Gasteiger partial charge on any atom is -0.497 e. The van der Waals surface area contributed by atoms with Gasteiger partial charge < -0.3 is 15.0 Å². The highest BCUT2D eigenvalue weighted by Gasteiger charge is 2.31. The van der Waals surface area contributed by atoms with Crippen molar-refractivity contribution in [1.82, 2.24) is 4.31 Å². The Morgan fingerprint density at radius 1 is 1.07 bits per heavy atom.